The number of nitrogens with zero attached hydrogens (tertiary/aromatic N) is 2. The molecule has 0 fully saturated rings. The summed E-state index contributed by atoms with van der Waals surface area (Å²) in [5.41, 5.74) is -1.81. The highest BCUT2D eigenvalue weighted by molar-refractivity contribution is 5.94. The molecule has 7 rings (SSSR count). The largest absolute Gasteiger partial charge is 0.355 e. The van der Waals surface area contributed by atoms with E-state index in [2.05, 4.69) is 19.9 Å². The smallest absolute Gasteiger partial charge is 0.200 e. The molecule has 0 atom stereocenters. The highest BCUT2D eigenvalue weighted by atomic mass is 19.2. The summed E-state index contributed by atoms with van der Waals surface area (Å²) in [5.74, 6) is -21.5. The Morgan fingerprint density at radius 2 is 0.692 bits per heavy atom. The molecule has 266 valence electrons. The Kier molecular flexibility index (Phi) is 8.79. The van der Waals surface area contributed by atoms with Gasteiger partial charge in [-0.2, -0.15) is 0 Å². The number of benzene rings is 2. The molecule has 52 heavy (non-hydrogen) atoms. The lowest BCUT2D eigenvalue weighted by atomic mass is 10.0. The van der Waals surface area contributed by atoms with Crippen LogP contribution in [-0.4, -0.2) is 19.9 Å². The van der Waals surface area contributed by atoms with Gasteiger partial charge in [0.15, 0.2) is 46.5 Å². The topological polar surface area (TPSA) is 57.4 Å². The zero-order valence-electron chi connectivity index (χ0n) is 27.1. The molecule has 5 aromatic rings. The predicted molar refractivity (Wildman–Crippen MR) is 177 cm³/mol. The van der Waals surface area contributed by atoms with Crippen molar-refractivity contribution < 1.29 is 43.9 Å². The minimum Gasteiger partial charge on any atom is -0.355 e. The van der Waals surface area contributed by atoms with Crippen molar-refractivity contribution in [1.29, 1.82) is 0 Å². The minimum absolute atomic E-state index is 0.0604. The number of hydrogen-bond acceptors (Lipinski definition) is 2. The second-order valence-electron chi connectivity index (χ2n) is 12.1. The van der Waals surface area contributed by atoms with Crippen LogP contribution in [0.25, 0.3) is 68.6 Å². The third kappa shape index (κ3) is 5.39. The van der Waals surface area contributed by atoms with Crippen molar-refractivity contribution in [2.24, 2.45) is 0 Å². The number of H-pyrrole nitrogens is 2. The molecule has 0 saturated heterocycles. The highest BCUT2D eigenvalue weighted by Crippen LogP contribution is 2.40. The Morgan fingerprint density at radius 1 is 0.385 bits per heavy atom. The van der Waals surface area contributed by atoms with Gasteiger partial charge in [-0.1, -0.05) is 26.7 Å². The quantitative estimate of drug-likeness (QED) is 0.102. The van der Waals surface area contributed by atoms with Crippen molar-refractivity contribution in [3.05, 3.63) is 116 Å². The Hall–Kier alpha value is -5.66. The number of nitrogens with one attached hydrogen (secondary N) is 2. The SMILES string of the molecule is CCCc1c2nc(c(-c3c(F)c(F)c(F)c(F)c3F)c3ccc([nH]3)c(CCC)c3ccc([nH]3)c(-c3c(F)c(F)c(F)c(F)c3F)c3nc1C=C3)C=C2. The first kappa shape index (κ1) is 34.8. The molecular formula is C38H24F10N4. The molecular weight excluding hydrogens is 702 g/mol. The van der Waals surface area contributed by atoms with Crippen LogP contribution < -0.4 is 0 Å². The van der Waals surface area contributed by atoms with Crippen LogP contribution in [0, 0.1) is 58.2 Å². The molecule has 0 radical (unpaired) electrons. The van der Waals surface area contributed by atoms with Crippen LogP contribution in [0.3, 0.4) is 0 Å². The van der Waals surface area contributed by atoms with Gasteiger partial charge in [-0.05, 0) is 67.0 Å². The van der Waals surface area contributed by atoms with E-state index < -0.39 is 80.4 Å². The lowest BCUT2D eigenvalue weighted by molar-refractivity contribution is 0.381. The molecule has 5 heterocycles. The van der Waals surface area contributed by atoms with Crippen molar-refractivity contribution in [3.8, 4) is 22.3 Å². The van der Waals surface area contributed by atoms with Gasteiger partial charge < -0.3 is 9.97 Å². The zero-order valence-corrected chi connectivity index (χ0v) is 27.1. The summed E-state index contributed by atoms with van der Waals surface area (Å²) in [6.45, 7) is 3.64. The van der Waals surface area contributed by atoms with Crippen LogP contribution in [0.15, 0.2) is 24.3 Å². The molecule has 3 aromatic heterocycles. The fourth-order valence-corrected chi connectivity index (χ4v) is 6.52. The van der Waals surface area contributed by atoms with Crippen LogP contribution in [0.4, 0.5) is 43.9 Å². The van der Waals surface area contributed by atoms with E-state index in [1.165, 1.54) is 48.6 Å². The first-order valence-electron chi connectivity index (χ1n) is 16.0. The molecule has 4 nitrogen and oxygen atoms in total. The highest BCUT2D eigenvalue weighted by Gasteiger charge is 2.31. The standard InChI is InChI=1S/C38H24F10N4/c1-3-5-15-17-7-11-21(49-17)25(27-29(39)33(43)37(47)34(44)30(27)40)23-13-9-19(51-23)16(6-4-2)20-10-14-24(52-20)26(22-12-8-18(15)50-22)28-31(41)35(45)38(48)36(46)32(28)42/h7-14,49-50H,3-6H2,1-2H3. The van der Waals surface area contributed by atoms with Crippen LogP contribution in [-0.2, 0) is 12.8 Å². The molecule has 2 aromatic carbocycles. The molecule has 14 heteroatoms. The van der Waals surface area contributed by atoms with Crippen LogP contribution >= 0.6 is 0 Å². The summed E-state index contributed by atoms with van der Waals surface area (Å²) >= 11 is 0. The fraction of sp³-hybridized carbons (Fsp3) is 0.158. The normalized spacial score (nSPS) is 12.4. The maximum absolute atomic E-state index is 15.5. The number of rotatable bonds is 6. The van der Waals surface area contributed by atoms with Gasteiger partial charge in [-0.15, -0.1) is 0 Å². The van der Waals surface area contributed by atoms with E-state index in [0.29, 0.717) is 41.4 Å². The van der Waals surface area contributed by atoms with Crippen LogP contribution in [0.2, 0.25) is 0 Å². The van der Waals surface area contributed by atoms with Gasteiger partial charge in [-0.3, -0.25) is 0 Å². The maximum atomic E-state index is 15.5. The summed E-state index contributed by atoms with van der Waals surface area (Å²) in [4.78, 5) is 15.1. The Morgan fingerprint density at radius 3 is 1.06 bits per heavy atom. The van der Waals surface area contributed by atoms with Crippen molar-refractivity contribution in [2.75, 3.05) is 0 Å². The van der Waals surface area contributed by atoms with Gasteiger partial charge in [0.1, 0.15) is 0 Å². The third-order valence-corrected chi connectivity index (χ3v) is 8.89. The zero-order chi connectivity index (χ0) is 37.2. The average molecular weight is 727 g/mol. The molecule has 0 aliphatic carbocycles. The second-order valence-corrected chi connectivity index (χ2v) is 12.1. The van der Waals surface area contributed by atoms with Crippen molar-refractivity contribution in [1.82, 2.24) is 19.9 Å². The van der Waals surface area contributed by atoms with Crippen LogP contribution in [0.1, 0.15) is 60.6 Å². The minimum atomic E-state index is -2.32. The Bertz CT molecular complexity index is 2340. The number of aryl methyl sites for hydroxylation is 1. The molecule has 8 bridgehead atoms. The first-order chi connectivity index (χ1) is 24.9. The summed E-state index contributed by atoms with van der Waals surface area (Å²) in [5, 5.41) is 0. The van der Waals surface area contributed by atoms with E-state index in [-0.39, 0.29) is 40.2 Å². The van der Waals surface area contributed by atoms with Gasteiger partial charge in [0, 0.05) is 38.8 Å². The molecule has 0 spiro atoms. The molecule has 0 unspecified atom stereocenters. The van der Waals surface area contributed by atoms with Gasteiger partial charge in [0.2, 0.25) is 11.6 Å². The number of aromatic nitrogens is 4. The first-order valence-corrected chi connectivity index (χ1v) is 16.0. The van der Waals surface area contributed by atoms with E-state index >= 15 is 17.6 Å². The van der Waals surface area contributed by atoms with Crippen molar-refractivity contribution in [2.45, 2.75) is 39.5 Å². The Labute approximate surface area is 288 Å². The molecule has 2 N–H and O–H groups in total. The number of fused-ring (bicyclic) bond motifs is 8. The summed E-state index contributed by atoms with van der Waals surface area (Å²) < 4.78 is 149. The lowest BCUT2D eigenvalue weighted by Gasteiger charge is -2.10. The fourth-order valence-electron chi connectivity index (χ4n) is 6.52. The van der Waals surface area contributed by atoms with Gasteiger partial charge >= 0.3 is 0 Å². The molecule has 0 amide bonds. The van der Waals surface area contributed by atoms with Crippen LogP contribution in [0.5, 0.6) is 0 Å². The van der Waals surface area contributed by atoms with Gasteiger partial charge in [0.25, 0.3) is 0 Å². The number of hydrogen-bond donors (Lipinski definition) is 2. The Balaban J connectivity index is 1.71. The second kappa shape index (κ2) is 13.1. The monoisotopic (exact) mass is 726 g/mol. The van der Waals surface area contributed by atoms with E-state index in [1.807, 2.05) is 13.8 Å². The van der Waals surface area contributed by atoms with Crippen molar-refractivity contribution >= 4 is 46.4 Å². The van der Waals surface area contributed by atoms with Gasteiger partial charge in [-0.25, -0.2) is 53.9 Å². The summed E-state index contributed by atoms with van der Waals surface area (Å²) in [7, 11) is 0. The number of aromatic amines is 2. The van der Waals surface area contributed by atoms with E-state index in [4.69, 9.17) is 0 Å². The van der Waals surface area contributed by atoms with Crippen molar-refractivity contribution in [3.63, 3.8) is 0 Å². The van der Waals surface area contributed by atoms with Gasteiger partial charge in [0.05, 0.1) is 33.9 Å². The maximum Gasteiger partial charge on any atom is 0.200 e. The summed E-state index contributed by atoms with van der Waals surface area (Å²) in [6, 6.07) is 5.76. The van der Waals surface area contributed by atoms with E-state index in [0.717, 1.165) is 0 Å². The van der Waals surface area contributed by atoms with E-state index in [9.17, 15) is 26.3 Å². The average Bonchev–Trinajstić information content (AvgIpc) is 3.98. The number of halogens is 10. The third-order valence-electron chi connectivity index (χ3n) is 8.89. The summed E-state index contributed by atoms with van der Waals surface area (Å²) in [6.07, 6.45) is 7.13. The molecule has 2 aliphatic heterocycles. The van der Waals surface area contributed by atoms with E-state index in [1.54, 1.807) is 0 Å². The lowest BCUT2D eigenvalue weighted by Crippen LogP contribution is -2.05. The molecule has 0 saturated carbocycles. The molecule has 2 aliphatic rings. The predicted octanol–water partition coefficient (Wildman–Crippen LogP) is 11.3.